The van der Waals surface area contributed by atoms with Crippen LogP contribution in [-0.2, 0) is 54.0 Å². The van der Waals surface area contributed by atoms with Crippen molar-refractivity contribution in [3.63, 3.8) is 0 Å². The van der Waals surface area contributed by atoms with Crippen molar-refractivity contribution in [2.75, 3.05) is 92.9 Å². The average Bonchev–Trinajstić information content (AvgIpc) is 3.99. The lowest BCUT2D eigenvalue weighted by atomic mass is 9.83. The molecule has 0 aromatic heterocycles. The number of alkyl carbamates (subject to hydrolysis) is 2. The van der Waals surface area contributed by atoms with Crippen molar-refractivity contribution in [3.05, 3.63) is 46.5 Å². The molecule has 3 saturated heterocycles. The summed E-state index contributed by atoms with van der Waals surface area (Å²) in [6.45, 7) is 10.4. The molecule has 4 amide bonds. The third kappa shape index (κ3) is 14.3. The summed E-state index contributed by atoms with van der Waals surface area (Å²) >= 11 is 6.80. The van der Waals surface area contributed by atoms with Crippen LogP contribution >= 0.6 is 11.6 Å². The monoisotopic (exact) mass is 963 g/mol. The summed E-state index contributed by atoms with van der Waals surface area (Å²) in [5.74, 6) is -1.47. The number of nitrogens with one attached hydrogen (secondary N) is 2. The van der Waals surface area contributed by atoms with Gasteiger partial charge in [0.2, 0.25) is 11.8 Å². The van der Waals surface area contributed by atoms with Gasteiger partial charge in [0.15, 0.2) is 5.72 Å². The molecule has 1 unspecified atom stereocenters. The molecule has 5 rings (SSSR count). The first-order chi connectivity index (χ1) is 31.8. The van der Waals surface area contributed by atoms with Crippen molar-refractivity contribution >= 4 is 47.3 Å². The van der Waals surface area contributed by atoms with E-state index in [4.69, 9.17) is 49.5 Å². The van der Waals surface area contributed by atoms with E-state index in [1.807, 2.05) is 13.0 Å². The van der Waals surface area contributed by atoms with Crippen molar-refractivity contribution in [2.24, 2.45) is 11.8 Å². The fourth-order valence-electron chi connectivity index (χ4n) is 8.57. The Labute approximate surface area is 398 Å². The SMILES string of the molecule is COc1cc2cc(c1Cl)N(C)C(=O)C[C@H](OC(=O)[C@@H](C)N(C)C(=O)CCOCCOCCNC(=O)OCC1CCN(C)CC1)[C@]1(C)OC1[C@H](C)[C@@H]1C[C@@](O)(NC(=O)O1)[C@H](OC)/C=C/C=C(\C)C2. The molecule has 19 nitrogen and oxygen atoms in total. The quantitative estimate of drug-likeness (QED) is 0.0924. The van der Waals surface area contributed by atoms with Crippen LogP contribution in [0.4, 0.5) is 15.3 Å². The summed E-state index contributed by atoms with van der Waals surface area (Å²) in [6, 6.07) is 2.49. The predicted molar refractivity (Wildman–Crippen MR) is 247 cm³/mol. The number of epoxide rings is 1. The minimum absolute atomic E-state index is 0.0362. The summed E-state index contributed by atoms with van der Waals surface area (Å²) in [6.07, 6.45) is 2.15. The van der Waals surface area contributed by atoms with Crippen molar-refractivity contribution in [1.82, 2.24) is 20.4 Å². The number of aliphatic hydroxyl groups is 1. The number of rotatable bonds is 16. The molecule has 374 valence electrons. The van der Waals surface area contributed by atoms with Crippen LogP contribution in [0.5, 0.6) is 5.75 Å². The maximum atomic E-state index is 14.3. The number of fused-ring (bicyclic) bond motifs is 5. The number of likely N-dealkylation sites (N-methyl/N-ethyl adjacent to an activating group) is 1. The van der Waals surface area contributed by atoms with E-state index in [0.29, 0.717) is 30.4 Å². The summed E-state index contributed by atoms with van der Waals surface area (Å²) in [5, 5.41) is 17.2. The first-order valence-electron chi connectivity index (χ1n) is 22.9. The second-order valence-corrected chi connectivity index (χ2v) is 18.5. The molecule has 67 heavy (non-hydrogen) atoms. The largest absolute Gasteiger partial charge is 0.495 e. The van der Waals surface area contributed by atoms with Gasteiger partial charge in [0.1, 0.15) is 40.7 Å². The maximum Gasteiger partial charge on any atom is 0.409 e. The van der Waals surface area contributed by atoms with Crippen molar-refractivity contribution < 1.29 is 67.0 Å². The number of nitrogens with zero attached hydrogens (tertiary/aromatic N) is 3. The maximum absolute atomic E-state index is 14.3. The lowest BCUT2D eigenvalue weighted by molar-refractivity contribution is -0.162. The van der Waals surface area contributed by atoms with Gasteiger partial charge in [0.05, 0.1) is 64.8 Å². The molecule has 4 bridgehead atoms. The van der Waals surface area contributed by atoms with Crippen LogP contribution in [0.1, 0.15) is 65.4 Å². The third-order valence-corrected chi connectivity index (χ3v) is 13.5. The highest BCUT2D eigenvalue weighted by molar-refractivity contribution is 6.35. The van der Waals surface area contributed by atoms with Gasteiger partial charge in [-0.3, -0.25) is 14.9 Å². The number of allylic oxidation sites excluding steroid dienone is 3. The molecule has 4 aliphatic heterocycles. The summed E-state index contributed by atoms with van der Waals surface area (Å²) in [5.41, 5.74) is -1.06. The second-order valence-electron chi connectivity index (χ2n) is 18.2. The van der Waals surface area contributed by atoms with Crippen LogP contribution in [0.3, 0.4) is 0 Å². The normalized spacial score (nSPS) is 29.0. The topological polar surface area (TPSA) is 216 Å². The van der Waals surface area contributed by atoms with E-state index in [-0.39, 0.29) is 63.2 Å². The van der Waals surface area contributed by atoms with Crippen LogP contribution in [-0.4, -0.2) is 175 Å². The molecule has 20 heteroatoms. The fraction of sp³-hybridized carbons (Fsp3) is 0.681. The Bertz CT molecular complexity index is 1960. The number of carbonyl (C=O) groups excluding carboxylic acids is 5. The van der Waals surface area contributed by atoms with Gasteiger partial charge < -0.3 is 63.0 Å². The molecule has 0 saturated carbocycles. The lowest BCUT2D eigenvalue weighted by Gasteiger charge is -2.42. The fourth-order valence-corrected chi connectivity index (χ4v) is 8.89. The zero-order valence-electron chi connectivity index (χ0n) is 40.3. The highest BCUT2D eigenvalue weighted by atomic mass is 35.5. The highest BCUT2D eigenvalue weighted by Gasteiger charge is 2.64. The van der Waals surface area contributed by atoms with Crippen LogP contribution in [0, 0.1) is 11.8 Å². The first kappa shape index (κ1) is 53.5. The van der Waals surface area contributed by atoms with Gasteiger partial charge in [-0.2, -0.15) is 0 Å². The Kier molecular flexibility index (Phi) is 19.3. The van der Waals surface area contributed by atoms with Gasteiger partial charge in [0.25, 0.3) is 0 Å². The van der Waals surface area contributed by atoms with Crippen molar-refractivity contribution in [2.45, 2.75) is 108 Å². The molecule has 0 aliphatic carbocycles. The van der Waals surface area contributed by atoms with Crippen molar-refractivity contribution in [1.29, 1.82) is 0 Å². The van der Waals surface area contributed by atoms with E-state index in [1.165, 1.54) is 38.0 Å². The highest BCUT2D eigenvalue weighted by Crippen LogP contribution is 2.49. The van der Waals surface area contributed by atoms with Crippen LogP contribution in [0.15, 0.2) is 35.9 Å². The number of hydrogen-bond acceptors (Lipinski definition) is 15. The minimum atomic E-state index is -1.86. The van der Waals surface area contributed by atoms with Gasteiger partial charge in [-0.15, -0.1) is 0 Å². The number of anilines is 1. The number of likely N-dealkylation sites (tertiary alicyclic amines) is 1. The Hall–Kier alpha value is -4.50. The number of piperidine rings is 1. The Morgan fingerprint density at radius 2 is 1.79 bits per heavy atom. The molecule has 1 aromatic rings. The van der Waals surface area contributed by atoms with Crippen LogP contribution in [0.2, 0.25) is 5.02 Å². The number of ether oxygens (including phenoxy) is 8. The van der Waals surface area contributed by atoms with Crippen molar-refractivity contribution in [3.8, 4) is 5.75 Å². The van der Waals surface area contributed by atoms with Crippen LogP contribution < -0.4 is 20.3 Å². The summed E-state index contributed by atoms with van der Waals surface area (Å²) in [7, 11) is 8.02. The van der Waals surface area contributed by atoms with E-state index < -0.39 is 71.8 Å². The molecule has 4 aliphatic rings. The number of methoxy groups -OCH3 is 2. The summed E-state index contributed by atoms with van der Waals surface area (Å²) < 4.78 is 45.8. The molecular weight excluding hydrogens is 894 g/mol. The minimum Gasteiger partial charge on any atom is -0.495 e. The lowest BCUT2D eigenvalue weighted by Crippen LogP contribution is -2.63. The molecule has 0 radical (unpaired) electrons. The van der Waals surface area contributed by atoms with E-state index in [2.05, 4.69) is 22.6 Å². The molecule has 4 heterocycles. The number of carbonyl (C=O) groups is 5. The number of esters is 1. The van der Waals surface area contributed by atoms with Gasteiger partial charge in [-0.25, -0.2) is 14.4 Å². The molecular formula is C47H70ClN5O14. The van der Waals surface area contributed by atoms with E-state index in [1.54, 1.807) is 45.2 Å². The van der Waals surface area contributed by atoms with Gasteiger partial charge in [-0.1, -0.05) is 42.3 Å². The third-order valence-electron chi connectivity index (χ3n) is 13.2. The standard InChI is InChI=1S/C47H70ClN5O14/c1-29-11-10-12-37(61-9)47(59)27-36(65-45(58)50-47)30(2)42-46(4,67-42)38(26-40(55)53(7)34-24-33(23-29)25-35(60-8)41(34)48)66-43(56)31(3)52(6)39(54)15-19-62-21-22-63-20-16-49-44(57)64-28-32-13-17-51(5)18-14-32/h10-12,24-25,30-32,36-38,42,59H,13-23,26-28H2,1-9H3,(H,49,57)(H,50,58)/b12-10+,29-11+/t30-,31-,36+,37-,38+,42?,46+,47+/m1/s1. The number of halogens is 1. The smallest absolute Gasteiger partial charge is 0.409 e. The second kappa shape index (κ2) is 24.2. The molecule has 8 atom stereocenters. The zero-order valence-corrected chi connectivity index (χ0v) is 41.1. The Morgan fingerprint density at radius 1 is 1.09 bits per heavy atom. The van der Waals surface area contributed by atoms with Gasteiger partial charge in [-0.05, 0) is 83.8 Å². The van der Waals surface area contributed by atoms with Gasteiger partial charge >= 0.3 is 18.2 Å². The molecule has 1 aromatic carbocycles. The van der Waals surface area contributed by atoms with E-state index in [0.717, 1.165) is 37.1 Å². The molecule has 0 spiro atoms. The first-order valence-corrected chi connectivity index (χ1v) is 23.3. The van der Waals surface area contributed by atoms with Crippen LogP contribution in [0.25, 0.3) is 0 Å². The van der Waals surface area contributed by atoms with Gasteiger partial charge in [0, 0.05) is 40.1 Å². The summed E-state index contributed by atoms with van der Waals surface area (Å²) in [4.78, 5) is 71.3. The number of amides is 4. The zero-order chi connectivity index (χ0) is 49.1. The number of benzene rings is 1. The Balaban J connectivity index is 1.20. The van der Waals surface area contributed by atoms with E-state index in [9.17, 15) is 29.1 Å². The predicted octanol–water partition coefficient (Wildman–Crippen LogP) is 4.01. The van der Waals surface area contributed by atoms with E-state index >= 15 is 0 Å². The molecule has 3 N–H and O–H groups in total. The number of hydrogen-bond donors (Lipinski definition) is 3. The molecule has 3 fully saturated rings. The Morgan fingerprint density at radius 3 is 2.48 bits per heavy atom. The average molecular weight is 965 g/mol.